The molecule has 1 aromatic rings. The minimum Gasteiger partial charge on any atom is -0.870 e. The third-order valence-electron chi connectivity index (χ3n) is 4.23. The Bertz CT molecular complexity index is 873. The van der Waals surface area contributed by atoms with Gasteiger partial charge < -0.3 is 9.84 Å². The zero-order chi connectivity index (χ0) is 19.0. The lowest BCUT2D eigenvalue weighted by atomic mass is 10.1. The van der Waals surface area contributed by atoms with Gasteiger partial charge in [-0.05, 0) is 11.6 Å². The van der Waals surface area contributed by atoms with E-state index >= 15 is 0 Å². The van der Waals surface area contributed by atoms with Gasteiger partial charge in [0.15, 0.2) is 0 Å². The molecule has 10 nitrogen and oxygen atoms in total. The van der Waals surface area contributed by atoms with Crippen molar-refractivity contribution in [1.82, 2.24) is 24.8 Å². The first-order valence-corrected chi connectivity index (χ1v) is 7.73. The van der Waals surface area contributed by atoms with E-state index in [0.29, 0.717) is 17.4 Å². The third-order valence-corrected chi connectivity index (χ3v) is 4.23. The fourth-order valence-electron chi connectivity index (χ4n) is 2.71. The van der Waals surface area contributed by atoms with Crippen molar-refractivity contribution in [3.05, 3.63) is 23.8 Å². The number of hydrogen-bond acceptors (Lipinski definition) is 7. The first-order valence-electron chi connectivity index (χ1n) is 7.73. The Morgan fingerprint density at radius 2 is 2.00 bits per heavy atom. The van der Waals surface area contributed by atoms with Crippen molar-refractivity contribution in [2.75, 3.05) is 28.3 Å². The number of methoxy groups -OCH3 is 1. The molecule has 1 aromatic carbocycles. The van der Waals surface area contributed by atoms with Gasteiger partial charge in [0.1, 0.15) is 5.75 Å². The van der Waals surface area contributed by atoms with Crippen molar-refractivity contribution in [1.29, 1.82) is 0 Å². The Morgan fingerprint density at radius 3 is 2.69 bits per heavy atom. The number of likely N-dealkylation sites (N-methyl/N-ethyl adjacent to an activating group) is 3. The van der Waals surface area contributed by atoms with E-state index in [-0.39, 0.29) is 17.4 Å². The Labute approximate surface area is 149 Å². The lowest BCUT2D eigenvalue weighted by Crippen LogP contribution is -2.63. The fraction of sp³-hybridized carbons (Fsp3) is 0.312. The van der Waals surface area contributed by atoms with Gasteiger partial charge in [-0.25, -0.2) is 19.3 Å². The summed E-state index contributed by atoms with van der Waals surface area (Å²) in [6, 6.07) is 3.44. The summed E-state index contributed by atoms with van der Waals surface area (Å²) in [6.07, 6.45) is 1.49. The standard InChI is InChI=1S/C16H18N6O4/c1-20-12-13(21(2)16(25)22(3)14(12)24)18-15(20)19-17-8-9-5-6-10(23)11(7-9)26-4/h5-8,12H,1-4H3,(H,17,23). The van der Waals surface area contributed by atoms with Crippen LogP contribution in [0.3, 0.4) is 0 Å². The van der Waals surface area contributed by atoms with E-state index in [9.17, 15) is 14.7 Å². The summed E-state index contributed by atoms with van der Waals surface area (Å²) in [5.41, 5.74) is 3.41. The second-order valence-corrected chi connectivity index (χ2v) is 5.83. The van der Waals surface area contributed by atoms with Crippen molar-refractivity contribution in [3.63, 3.8) is 0 Å². The van der Waals surface area contributed by atoms with Crippen molar-refractivity contribution in [3.8, 4) is 11.5 Å². The fourth-order valence-corrected chi connectivity index (χ4v) is 2.71. The van der Waals surface area contributed by atoms with E-state index < -0.39 is 12.1 Å². The molecule has 1 unspecified atom stereocenters. The van der Waals surface area contributed by atoms with E-state index in [1.54, 1.807) is 31.1 Å². The van der Waals surface area contributed by atoms with Gasteiger partial charge >= 0.3 is 17.8 Å². The number of amides is 3. The molecule has 0 spiro atoms. The molecule has 3 amide bonds. The molecule has 1 N–H and O–H groups in total. The number of guanidine groups is 1. The van der Waals surface area contributed by atoms with E-state index in [2.05, 4.69) is 15.2 Å². The molecule has 0 saturated carbocycles. The molecule has 2 heterocycles. The van der Waals surface area contributed by atoms with Crippen LogP contribution in [0.25, 0.3) is 0 Å². The normalized spacial score (nSPS) is 19.7. The highest BCUT2D eigenvalue weighted by Crippen LogP contribution is 2.22. The van der Waals surface area contributed by atoms with E-state index in [1.165, 1.54) is 31.3 Å². The van der Waals surface area contributed by atoms with Gasteiger partial charge in [0.25, 0.3) is 5.91 Å². The molecule has 1 fully saturated rings. The molecule has 2 aliphatic heterocycles. The number of hydrazone groups is 1. The number of fused-ring (bicyclic) bond motifs is 1. The molecule has 1 atom stereocenters. The maximum atomic E-state index is 12.3. The molecule has 136 valence electrons. The lowest BCUT2D eigenvalue weighted by molar-refractivity contribution is -0.270. The zero-order valence-corrected chi connectivity index (χ0v) is 14.8. The second-order valence-electron chi connectivity index (χ2n) is 5.83. The van der Waals surface area contributed by atoms with Crippen LogP contribution < -0.4 is 19.9 Å². The number of hydrogen-bond donors (Lipinski definition) is 1. The van der Waals surface area contributed by atoms with Crippen molar-refractivity contribution in [2.45, 2.75) is 6.04 Å². The average molecular weight is 358 g/mol. The van der Waals surface area contributed by atoms with Crippen molar-refractivity contribution < 1.29 is 19.4 Å². The highest BCUT2D eigenvalue weighted by molar-refractivity contribution is 6.23. The molecule has 0 bridgehead atoms. The number of imide groups is 1. The topological polar surface area (TPSA) is 115 Å². The van der Waals surface area contributed by atoms with E-state index in [1.807, 2.05) is 0 Å². The predicted molar refractivity (Wildman–Crippen MR) is 92.8 cm³/mol. The number of carbonyl (C=O) groups is 2. The van der Waals surface area contributed by atoms with E-state index in [4.69, 9.17) is 4.74 Å². The number of nitrogens with one attached hydrogen (secondary N) is 1. The Morgan fingerprint density at radius 1 is 1.27 bits per heavy atom. The summed E-state index contributed by atoms with van der Waals surface area (Å²) in [7, 11) is 6.10. The summed E-state index contributed by atoms with van der Waals surface area (Å²) in [5.74, 6) is 0.325. The van der Waals surface area contributed by atoms with Gasteiger partial charge in [-0.2, -0.15) is 5.43 Å². The zero-order valence-electron chi connectivity index (χ0n) is 14.8. The summed E-state index contributed by atoms with van der Waals surface area (Å²) in [6.45, 7) is 0. The Kier molecular flexibility index (Phi) is 4.27. The highest BCUT2D eigenvalue weighted by atomic mass is 16.5. The first kappa shape index (κ1) is 17.3. The van der Waals surface area contributed by atoms with Gasteiger partial charge in [-0.15, -0.1) is 5.10 Å². The molecule has 3 rings (SSSR count). The Hall–Kier alpha value is -3.52. The maximum absolute atomic E-state index is 12.3. The number of carbonyl (C=O) groups excluding carboxylic acids is 2. The quantitative estimate of drug-likeness (QED) is 0.393. The second kappa shape index (κ2) is 6.41. The molecule has 0 aliphatic carbocycles. The van der Waals surface area contributed by atoms with E-state index in [0.717, 1.165) is 4.90 Å². The van der Waals surface area contributed by atoms with Crippen LogP contribution >= 0.6 is 0 Å². The number of ether oxygens (including phenoxy) is 1. The van der Waals surface area contributed by atoms with Gasteiger partial charge in [0, 0.05) is 14.1 Å². The molecular weight excluding hydrogens is 340 g/mol. The van der Waals surface area contributed by atoms with Crippen molar-refractivity contribution in [2.24, 2.45) is 5.10 Å². The monoisotopic (exact) mass is 358 g/mol. The van der Waals surface area contributed by atoms with Crippen LogP contribution in [0.15, 0.2) is 23.3 Å². The summed E-state index contributed by atoms with van der Waals surface area (Å²) in [4.78, 5) is 28.4. The molecule has 26 heavy (non-hydrogen) atoms. The minimum absolute atomic E-state index is 0.215. The van der Waals surface area contributed by atoms with Crippen LogP contribution in [0.2, 0.25) is 0 Å². The number of nitrogens with zero attached hydrogens (tertiary/aromatic N) is 5. The lowest BCUT2D eigenvalue weighted by Gasteiger charge is -2.30. The largest absolute Gasteiger partial charge is 0.870 e. The van der Waals surface area contributed by atoms with Crippen LogP contribution in [0, 0.1) is 0 Å². The predicted octanol–water partition coefficient (Wildman–Crippen LogP) is -1.65. The number of rotatable bonds is 3. The van der Waals surface area contributed by atoms with Gasteiger partial charge in [0.2, 0.25) is 6.04 Å². The SMILES string of the molecule is COc1cc(/C=N/NC2=[N+]=C3C(C(=O)N(C)C(=O)N3C)N2C)ccc1[O-]. The van der Waals surface area contributed by atoms with Crippen LogP contribution in [0.1, 0.15) is 5.56 Å². The molecule has 0 radical (unpaired) electrons. The minimum atomic E-state index is -0.680. The van der Waals surface area contributed by atoms with Crippen molar-refractivity contribution >= 4 is 29.9 Å². The molecular formula is C16H18N6O4. The summed E-state index contributed by atoms with van der Waals surface area (Å²) in [5, 5.41) is 15.6. The summed E-state index contributed by atoms with van der Waals surface area (Å²) >= 11 is 0. The van der Waals surface area contributed by atoms with Gasteiger partial charge in [-0.1, -0.05) is 17.9 Å². The van der Waals surface area contributed by atoms with Gasteiger partial charge in [0.05, 0.1) is 20.4 Å². The summed E-state index contributed by atoms with van der Waals surface area (Å²) < 4.78 is 9.28. The first-order chi connectivity index (χ1) is 12.3. The van der Waals surface area contributed by atoms with Gasteiger partial charge in [-0.3, -0.25) is 9.69 Å². The number of urea groups is 1. The number of benzene rings is 1. The number of amidine groups is 1. The Balaban J connectivity index is 1.79. The maximum Gasteiger partial charge on any atom is 0.421 e. The van der Waals surface area contributed by atoms with Crippen LogP contribution in [0.5, 0.6) is 11.5 Å². The van der Waals surface area contributed by atoms with Crippen LogP contribution in [-0.2, 0) is 4.79 Å². The van der Waals surface area contributed by atoms with Crippen LogP contribution in [-0.4, -0.2) is 78.9 Å². The molecule has 2 aliphatic rings. The smallest absolute Gasteiger partial charge is 0.421 e. The highest BCUT2D eigenvalue weighted by Gasteiger charge is 2.53. The molecule has 0 aromatic heterocycles. The average Bonchev–Trinajstić information content (AvgIpc) is 2.96. The third kappa shape index (κ3) is 2.72. The molecule has 10 heteroatoms. The van der Waals surface area contributed by atoms with Crippen LogP contribution in [0.4, 0.5) is 4.79 Å². The molecule has 1 saturated heterocycles.